The summed E-state index contributed by atoms with van der Waals surface area (Å²) in [5.74, 6) is -0.387. The zero-order valence-electron chi connectivity index (χ0n) is 25.4. The molecule has 2 N–H and O–H groups in total. The number of carbonyl (C=O) groups excluding carboxylic acids is 1. The maximum absolute atomic E-state index is 12.5. The molecule has 0 unspecified atom stereocenters. The number of hydrogen-bond acceptors (Lipinski definition) is 3. The summed E-state index contributed by atoms with van der Waals surface area (Å²) < 4.78 is 6.96. The van der Waals surface area contributed by atoms with Gasteiger partial charge in [-0.2, -0.15) is 0 Å². The molecule has 0 aliphatic carbocycles. The number of amides is 1. The Kier molecular flexibility index (Phi) is 10.7. The predicted octanol–water partition coefficient (Wildman–Crippen LogP) is 8.84. The summed E-state index contributed by atoms with van der Waals surface area (Å²) in [6.07, 6.45) is 1.42. The van der Waals surface area contributed by atoms with E-state index in [2.05, 4.69) is 72.0 Å². The van der Waals surface area contributed by atoms with Gasteiger partial charge in [-0.15, -0.1) is 0 Å². The van der Waals surface area contributed by atoms with Crippen LogP contribution < -0.4 is 10.1 Å². The van der Waals surface area contributed by atoms with E-state index in [4.69, 9.17) is 21.4 Å². The number of benzene rings is 3. The molecular formula is C35H44ClNO4. The van der Waals surface area contributed by atoms with Crippen molar-refractivity contribution in [2.24, 2.45) is 0 Å². The molecule has 0 bridgehead atoms. The van der Waals surface area contributed by atoms with E-state index >= 15 is 0 Å². The molecule has 220 valence electrons. The number of halogens is 1. The molecule has 6 heteroatoms. The predicted molar refractivity (Wildman–Crippen MR) is 167 cm³/mol. The van der Waals surface area contributed by atoms with Gasteiger partial charge in [0.25, 0.3) is 5.91 Å². The Hall–Kier alpha value is -3.31. The van der Waals surface area contributed by atoms with Gasteiger partial charge in [0.15, 0.2) is 0 Å². The lowest BCUT2D eigenvalue weighted by Gasteiger charge is -2.31. The SMILES string of the molecule is CCC[C@H](c1ccc(C(=O)NCCC(=O)O)cc1)[C@@H](Oc1cc(C(C)(C)C)cc(C(C)(C)C)c1)c1ccc(Cl)cc1. The first kappa shape index (κ1) is 32.2. The van der Waals surface area contributed by atoms with Crippen molar-refractivity contribution >= 4 is 23.5 Å². The van der Waals surface area contributed by atoms with Gasteiger partial charge < -0.3 is 15.2 Å². The van der Waals surface area contributed by atoms with Crippen LogP contribution in [0.5, 0.6) is 5.75 Å². The van der Waals surface area contributed by atoms with Crippen LogP contribution in [0, 0.1) is 0 Å². The van der Waals surface area contributed by atoms with Crippen molar-refractivity contribution in [3.63, 3.8) is 0 Å². The van der Waals surface area contributed by atoms with Gasteiger partial charge in [0.1, 0.15) is 11.9 Å². The van der Waals surface area contributed by atoms with Crippen molar-refractivity contribution in [1.29, 1.82) is 0 Å². The van der Waals surface area contributed by atoms with E-state index in [1.54, 1.807) is 12.1 Å². The van der Waals surface area contributed by atoms with Crippen LogP contribution in [0.4, 0.5) is 0 Å². The summed E-state index contributed by atoms with van der Waals surface area (Å²) in [7, 11) is 0. The van der Waals surface area contributed by atoms with Gasteiger partial charge in [-0.1, -0.05) is 96.8 Å². The molecule has 2 atom stereocenters. The van der Waals surface area contributed by atoms with E-state index < -0.39 is 5.97 Å². The van der Waals surface area contributed by atoms with E-state index in [1.807, 2.05) is 36.4 Å². The number of carbonyl (C=O) groups is 2. The second-order valence-corrected chi connectivity index (χ2v) is 13.2. The van der Waals surface area contributed by atoms with Crippen LogP contribution in [-0.2, 0) is 15.6 Å². The van der Waals surface area contributed by atoms with Gasteiger partial charge in [-0.05, 0) is 75.9 Å². The molecule has 0 fully saturated rings. The lowest BCUT2D eigenvalue weighted by Crippen LogP contribution is -2.26. The van der Waals surface area contributed by atoms with E-state index in [0.29, 0.717) is 10.6 Å². The van der Waals surface area contributed by atoms with E-state index in [1.165, 1.54) is 11.1 Å². The fourth-order valence-corrected chi connectivity index (χ4v) is 4.91. The molecular weight excluding hydrogens is 534 g/mol. The zero-order valence-corrected chi connectivity index (χ0v) is 26.1. The average molecular weight is 578 g/mol. The standard InChI is InChI=1S/C35H44ClNO4/c1-8-9-30(23-10-12-25(13-11-23)33(40)37-19-18-31(38)39)32(24-14-16-28(36)17-15-24)41-29-21-26(34(2,3)4)20-27(22-29)35(5,6)7/h10-17,20-22,30,32H,8-9,18-19H2,1-7H3,(H,37,40)(H,38,39)/t30-,32+/m1/s1. The van der Waals surface area contributed by atoms with Crippen molar-refractivity contribution in [2.45, 2.75) is 90.6 Å². The zero-order chi connectivity index (χ0) is 30.4. The van der Waals surface area contributed by atoms with Gasteiger partial charge in [0.2, 0.25) is 0 Å². The molecule has 1 amide bonds. The number of aliphatic carboxylic acids is 1. The summed E-state index contributed by atoms with van der Waals surface area (Å²) in [5.41, 5.74) is 4.95. The Bertz CT molecular complexity index is 1290. The van der Waals surface area contributed by atoms with E-state index in [-0.39, 0.29) is 41.7 Å². The molecule has 0 heterocycles. The van der Waals surface area contributed by atoms with Crippen molar-refractivity contribution in [2.75, 3.05) is 6.54 Å². The first-order valence-electron chi connectivity index (χ1n) is 14.4. The molecule has 3 aromatic rings. The summed E-state index contributed by atoms with van der Waals surface area (Å²) in [5, 5.41) is 12.2. The Morgan fingerprint density at radius 1 is 0.854 bits per heavy atom. The minimum absolute atomic E-state index is 0.0154. The number of ether oxygens (including phenoxy) is 1. The molecule has 3 aromatic carbocycles. The summed E-state index contributed by atoms with van der Waals surface area (Å²) in [6, 6.07) is 22.0. The highest BCUT2D eigenvalue weighted by molar-refractivity contribution is 6.30. The number of rotatable bonds is 11. The topological polar surface area (TPSA) is 75.6 Å². The fourth-order valence-electron chi connectivity index (χ4n) is 4.79. The monoisotopic (exact) mass is 577 g/mol. The van der Waals surface area contributed by atoms with Crippen molar-refractivity contribution < 1.29 is 19.4 Å². The molecule has 0 spiro atoms. The first-order chi connectivity index (χ1) is 19.2. The minimum atomic E-state index is -0.945. The Morgan fingerprint density at radius 3 is 1.88 bits per heavy atom. The lowest BCUT2D eigenvalue weighted by molar-refractivity contribution is -0.136. The van der Waals surface area contributed by atoms with Gasteiger partial charge in [-0.25, -0.2) is 0 Å². The maximum Gasteiger partial charge on any atom is 0.305 e. The molecule has 3 rings (SSSR count). The molecule has 41 heavy (non-hydrogen) atoms. The summed E-state index contributed by atoms with van der Waals surface area (Å²) in [6.45, 7) is 15.5. The third-order valence-corrected chi connectivity index (χ3v) is 7.54. The van der Waals surface area contributed by atoms with Gasteiger partial charge in [0.05, 0.1) is 6.42 Å². The van der Waals surface area contributed by atoms with Gasteiger partial charge in [0, 0.05) is 23.0 Å². The third kappa shape index (κ3) is 9.09. The molecule has 0 radical (unpaired) electrons. The van der Waals surface area contributed by atoms with Crippen molar-refractivity contribution in [3.8, 4) is 5.75 Å². The number of carboxylic acid groups (broad SMARTS) is 1. The summed E-state index contributed by atoms with van der Waals surface area (Å²) >= 11 is 6.27. The number of hydrogen-bond donors (Lipinski definition) is 2. The van der Waals surface area contributed by atoms with Crippen LogP contribution in [0.1, 0.15) is 112 Å². The Morgan fingerprint density at radius 2 is 1.39 bits per heavy atom. The van der Waals surface area contributed by atoms with Crippen molar-refractivity contribution in [1.82, 2.24) is 5.32 Å². The smallest absolute Gasteiger partial charge is 0.305 e. The molecule has 0 aliphatic rings. The van der Waals surface area contributed by atoms with Gasteiger partial charge in [-0.3, -0.25) is 9.59 Å². The van der Waals surface area contributed by atoms with Gasteiger partial charge >= 0.3 is 5.97 Å². The molecule has 0 aromatic heterocycles. The molecule has 0 saturated carbocycles. The molecule has 0 aliphatic heterocycles. The Balaban J connectivity index is 2.03. The molecule has 5 nitrogen and oxygen atoms in total. The first-order valence-corrected chi connectivity index (χ1v) is 14.7. The average Bonchev–Trinajstić information content (AvgIpc) is 2.90. The highest BCUT2D eigenvalue weighted by Gasteiger charge is 2.28. The quantitative estimate of drug-likeness (QED) is 0.239. The highest BCUT2D eigenvalue weighted by Crippen LogP contribution is 2.41. The number of nitrogens with one attached hydrogen (secondary N) is 1. The van der Waals surface area contributed by atoms with Crippen LogP contribution >= 0.6 is 11.6 Å². The minimum Gasteiger partial charge on any atom is -0.485 e. The van der Waals surface area contributed by atoms with Crippen LogP contribution in [0.15, 0.2) is 66.7 Å². The maximum atomic E-state index is 12.5. The third-order valence-electron chi connectivity index (χ3n) is 7.29. The second-order valence-electron chi connectivity index (χ2n) is 12.8. The van der Waals surface area contributed by atoms with Crippen LogP contribution in [0.3, 0.4) is 0 Å². The highest BCUT2D eigenvalue weighted by atomic mass is 35.5. The Labute approximate surface area is 250 Å². The lowest BCUT2D eigenvalue weighted by atomic mass is 9.80. The number of carboxylic acids is 1. The fraction of sp³-hybridized carbons (Fsp3) is 0.429. The molecule has 0 saturated heterocycles. The van der Waals surface area contributed by atoms with Crippen LogP contribution in [0.25, 0.3) is 0 Å². The second kappa shape index (κ2) is 13.6. The van der Waals surface area contributed by atoms with Crippen molar-refractivity contribution in [3.05, 3.63) is 99.6 Å². The van der Waals surface area contributed by atoms with E-state index in [0.717, 1.165) is 29.7 Å². The summed E-state index contributed by atoms with van der Waals surface area (Å²) in [4.78, 5) is 23.3. The van der Waals surface area contributed by atoms with E-state index in [9.17, 15) is 9.59 Å². The van der Waals surface area contributed by atoms with Crippen LogP contribution in [-0.4, -0.2) is 23.5 Å². The largest absolute Gasteiger partial charge is 0.485 e. The normalized spacial score (nSPS) is 13.4. The van der Waals surface area contributed by atoms with Crippen LogP contribution in [0.2, 0.25) is 5.02 Å².